The lowest BCUT2D eigenvalue weighted by Gasteiger charge is -2.06. The second kappa shape index (κ2) is 4.15. The van der Waals surface area contributed by atoms with Crippen LogP contribution in [-0.2, 0) is 0 Å². The molecule has 0 atom stereocenters. The fraction of sp³-hybridized carbons (Fsp3) is 0.125. The molecule has 1 rings (SSSR count). The first-order chi connectivity index (χ1) is 6.06. The number of hydrogen-bond acceptors (Lipinski definition) is 2. The Bertz CT molecular complexity index is 331. The van der Waals surface area contributed by atoms with E-state index in [1.165, 1.54) is 7.11 Å². The van der Waals surface area contributed by atoms with Crippen LogP contribution in [0.4, 0.5) is 0 Å². The predicted octanol–water partition coefficient (Wildman–Crippen LogP) is 2.05. The minimum Gasteiger partial charge on any atom is -0.497 e. The number of halogens is 2. The zero-order valence-electron chi connectivity index (χ0n) is 6.80. The fourth-order valence-electron chi connectivity index (χ4n) is 0.903. The fourth-order valence-corrected chi connectivity index (χ4v) is 2.23. The molecule has 5 heteroatoms. The van der Waals surface area contributed by atoms with Gasteiger partial charge in [-0.2, -0.15) is 0 Å². The van der Waals surface area contributed by atoms with Crippen molar-refractivity contribution in [3.05, 3.63) is 26.3 Å². The van der Waals surface area contributed by atoms with Gasteiger partial charge in [0, 0.05) is 3.57 Å². The van der Waals surface area contributed by atoms with E-state index in [-0.39, 0.29) is 0 Å². The first-order valence-electron chi connectivity index (χ1n) is 3.39. The number of primary amides is 1. The predicted molar refractivity (Wildman–Crippen MR) is 59.2 cm³/mol. The van der Waals surface area contributed by atoms with Gasteiger partial charge < -0.3 is 10.5 Å². The van der Waals surface area contributed by atoms with E-state index in [2.05, 4.69) is 0 Å². The molecule has 0 saturated carbocycles. The number of ether oxygens (including phenoxy) is 1. The smallest absolute Gasteiger partial charge is 0.251 e. The van der Waals surface area contributed by atoms with E-state index in [0.717, 1.165) is 0 Å². The number of carbonyl (C=O) groups is 1. The largest absolute Gasteiger partial charge is 0.497 e. The van der Waals surface area contributed by atoms with Crippen LogP contribution >= 0.6 is 34.2 Å². The van der Waals surface area contributed by atoms with Gasteiger partial charge in [0.05, 0.1) is 17.7 Å². The van der Waals surface area contributed by atoms with E-state index < -0.39 is 5.91 Å². The Kier molecular flexibility index (Phi) is 3.38. The van der Waals surface area contributed by atoms with Crippen molar-refractivity contribution in [2.24, 2.45) is 5.73 Å². The number of benzene rings is 1. The molecule has 13 heavy (non-hydrogen) atoms. The van der Waals surface area contributed by atoms with Crippen LogP contribution in [0.2, 0.25) is 5.02 Å². The van der Waals surface area contributed by atoms with Gasteiger partial charge >= 0.3 is 0 Å². The lowest BCUT2D eigenvalue weighted by Crippen LogP contribution is -2.13. The van der Waals surface area contributed by atoms with Crippen molar-refractivity contribution >= 4 is 40.1 Å². The van der Waals surface area contributed by atoms with Crippen LogP contribution in [0.3, 0.4) is 0 Å². The zero-order valence-corrected chi connectivity index (χ0v) is 9.72. The minimum absolute atomic E-state index is 0.316. The highest BCUT2D eigenvalue weighted by molar-refractivity contribution is 14.1. The standard InChI is InChI=1S/C8H7ClINO2/c1-13-4-2-5(9)7(8(11)12)6(10)3-4/h2-3H,1H3,(H2,11,12). The number of hydrogen-bond donors (Lipinski definition) is 1. The van der Waals surface area contributed by atoms with Gasteiger partial charge in [0.2, 0.25) is 0 Å². The SMILES string of the molecule is COc1cc(Cl)c(C(N)=O)c(I)c1. The van der Waals surface area contributed by atoms with Crippen LogP contribution in [0.5, 0.6) is 5.75 Å². The molecule has 1 aromatic rings. The summed E-state index contributed by atoms with van der Waals surface area (Å²) in [6.07, 6.45) is 0. The van der Waals surface area contributed by atoms with Crippen molar-refractivity contribution in [3.63, 3.8) is 0 Å². The first-order valence-corrected chi connectivity index (χ1v) is 4.84. The summed E-state index contributed by atoms with van der Waals surface area (Å²) in [6, 6.07) is 3.26. The molecule has 70 valence electrons. The molecule has 0 unspecified atom stereocenters. The van der Waals surface area contributed by atoms with Gasteiger partial charge in [-0.1, -0.05) is 11.6 Å². The van der Waals surface area contributed by atoms with Crippen molar-refractivity contribution in [1.29, 1.82) is 0 Å². The second-order valence-corrected chi connectivity index (χ2v) is 3.90. The summed E-state index contributed by atoms with van der Waals surface area (Å²) in [5.74, 6) is 0.0800. The Labute approximate surface area is 94.3 Å². The van der Waals surface area contributed by atoms with Crippen molar-refractivity contribution in [2.45, 2.75) is 0 Å². The molecule has 0 saturated heterocycles. The van der Waals surface area contributed by atoms with Crippen LogP contribution in [-0.4, -0.2) is 13.0 Å². The Morgan fingerprint density at radius 2 is 2.23 bits per heavy atom. The molecule has 0 aliphatic rings. The monoisotopic (exact) mass is 311 g/mol. The van der Waals surface area contributed by atoms with E-state index in [0.29, 0.717) is 19.9 Å². The van der Waals surface area contributed by atoms with Crippen LogP contribution in [0.25, 0.3) is 0 Å². The van der Waals surface area contributed by atoms with Gasteiger partial charge in [-0.25, -0.2) is 0 Å². The van der Waals surface area contributed by atoms with Crippen molar-refractivity contribution in [2.75, 3.05) is 7.11 Å². The topological polar surface area (TPSA) is 52.3 Å². The van der Waals surface area contributed by atoms with E-state index in [1.807, 2.05) is 22.6 Å². The third kappa shape index (κ3) is 2.25. The highest BCUT2D eigenvalue weighted by Gasteiger charge is 2.12. The number of rotatable bonds is 2. The summed E-state index contributed by atoms with van der Waals surface area (Å²) in [4.78, 5) is 10.9. The molecule has 1 amide bonds. The maximum Gasteiger partial charge on any atom is 0.251 e. The molecular weight excluding hydrogens is 304 g/mol. The molecule has 0 aliphatic heterocycles. The molecule has 0 bridgehead atoms. The molecule has 1 aromatic carbocycles. The average Bonchev–Trinajstić information content (AvgIpc) is 2.02. The molecule has 2 N–H and O–H groups in total. The average molecular weight is 312 g/mol. The molecule has 0 spiro atoms. The molecule has 0 aromatic heterocycles. The van der Waals surface area contributed by atoms with Gasteiger partial charge in [-0.05, 0) is 34.7 Å². The molecule has 0 fully saturated rings. The molecule has 0 heterocycles. The number of amides is 1. The van der Waals surface area contributed by atoms with Crippen molar-refractivity contribution in [1.82, 2.24) is 0 Å². The maximum atomic E-state index is 10.9. The Balaban J connectivity index is 3.31. The summed E-state index contributed by atoms with van der Waals surface area (Å²) in [7, 11) is 1.53. The van der Waals surface area contributed by atoms with Gasteiger partial charge in [0.25, 0.3) is 5.91 Å². The summed E-state index contributed by atoms with van der Waals surface area (Å²) in [6.45, 7) is 0. The second-order valence-electron chi connectivity index (χ2n) is 2.33. The number of nitrogens with two attached hydrogens (primary N) is 1. The van der Waals surface area contributed by atoms with Crippen LogP contribution in [0.15, 0.2) is 12.1 Å². The zero-order chi connectivity index (χ0) is 10.0. The first kappa shape index (κ1) is 10.6. The third-order valence-electron chi connectivity index (χ3n) is 1.50. The van der Waals surface area contributed by atoms with Gasteiger partial charge in [0.15, 0.2) is 0 Å². The van der Waals surface area contributed by atoms with E-state index >= 15 is 0 Å². The Morgan fingerprint density at radius 3 is 2.62 bits per heavy atom. The van der Waals surface area contributed by atoms with E-state index in [4.69, 9.17) is 22.1 Å². The quantitative estimate of drug-likeness (QED) is 0.850. The van der Waals surface area contributed by atoms with Crippen LogP contribution < -0.4 is 10.5 Å². The minimum atomic E-state index is -0.531. The lowest BCUT2D eigenvalue weighted by molar-refractivity contribution is 0.0999. The third-order valence-corrected chi connectivity index (χ3v) is 2.65. The molecule has 0 radical (unpaired) electrons. The Morgan fingerprint density at radius 1 is 1.62 bits per heavy atom. The molecule has 3 nitrogen and oxygen atoms in total. The number of methoxy groups -OCH3 is 1. The van der Waals surface area contributed by atoms with Crippen LogP contribution in [0, 0.1) is 3.57 Å². The maximum absolute atomic E-state index is 10.9. The Hall–Kier alpha value is -0.490. The van der Waals surface area contributed by atoms with Crippen molar-refractivity contribution in [3.8, 4) is 5.75 Å². The van der Waals surface area contributed by atoms with E-state index in [1.54, 1.807) is 12.1 Å². The summed E-state index contributed by atoms with van der Waals surface area (Å²) >= 11 is 7.81. The van der Waals surface area contributed by atoms with Crippen LogP contribution in [0.1, 0.15) is 10.4 Å². The summed E-state index contributed by atoms with van der Waals surface area (Å²) in [5, 5.41) is 0.316. The van der Waals surface area contributed by atoms with Crippen molar-refractivity contribution < 1.29 is 9.53 Å². The molecule has 0 aliphatic carbocycles. The highest BCUT2D eigenvalue weighted by Crippen LogP contribution is 2.27. The highest BCUT2D eigenvalue weighted by atomic mass is 127. The van der Waals surface area contributed by atoms with Gasteiger partial charge in [-0.3, -0.25) is 4.79 Å². The normalized spacial score (nSPS) is 9.77. The summed E-state index contributed by atoms with van der Waals surface area (Å²) < 4.78 is 5.66. The lowest BCUT2D eigenvalue weighted by atomic mass is 10.2. The summed E-state index contributed by atoms with van der Waals surface area (Å²) in [5.41, 5.74) is 5.47. The number of carbonyl (C=O) groups excluding carboxylic acids is 1. The van der Waals surface area contributed by atoms with Gasteiger partial charge in [0.1, 0.15) is 5.75 Å². The van der Waals surface area contributed by atoms with Gasteiger partial charge in [-0.15, -0.1) is 0 Å². The van der Waals surface area contributed by atoms with E-state index in [9.17, 15) is 4.79 Å². The molecular formula is C8H7ClINO2.